The van der Waals surface area contributed by atoms with E-state index < -0.39 is 38.0 Å². The lowest BCUT2D eigenvalue weighted by Crippen LogP contribution is -2.35. The van der Waals surface area contributed by atoms with Crippen LogP contribution in [0.3, 0.4) is 0 Å². The highest BCUT2D eigenvalue weighted by Crippen LogP contribution is 2.21. The highest BCUT2D eigenvalue weighted by Gasteiger charge is 2.21. The highest BCUT2D eigenvalue weighted by molar-refractivity contribution is 7.86. The highest BCUT2D eigenvalue weighted by atomic mass is 32.2. The summed E-state index contributed by atoms with van der Waals surface area (Å²) in [4.78, 5) is 12.5. The topological polar surface area (TPSA) is 125 Å². The lowest BCUT2D eigenvalue weighted by molar-refractivity contribution is 0.0503. The molecule has 0 radical (unpaired) electrons. The zero-order valence-corrected chi connectivity index (χ0v) is 21.5. The van der Waals surface area contributed by atoms with Crippen LogP contribution in [0.2, 0.25) is 0 Å². The van der Waals surface area contributed by atoms with E-state index in [1.165, 1.54) is 0 Å². The van der Waals surface area contributed by atoms with Crippen molar-refractivity contribution in [2.24, 2.45) is 0 Å². The van der Waals surface area contributed by atoms with Crippen molar-refractivity contribution in [2.45, 2.75) is 52.0 Å². The predicted octanol–water partition coefficient (Wildman–Crippen LogP) is 3.45. The van der Waals surface area contributed by atoms with Crippen molar-refractivity contribution in [3.05, 3.63) is 70.8 Å². The largest absolute Gasteiger partial charge is 0.444 e. The van der Waals surface area contributed by atoms with Crippen molar-refractivity contribution < 1.29 is 34.7 Å². The van der Waals surface area contributed by atoms with Gasteiger partial charge in [0, 0.05) is 0 Å². The number of amides is 1. The van der Waals surface area contributed by atoms with Crippen molar-refractivity contribution >= 4 is 26.3 Å². The summed E-state index contributed by atoms with van der Waals surface area (Å²) >= 11 is 0. The maximum absolute atomic E-state index is 12.5. The summed E-state index contributed by atoms with van der Waals surface area (Å²) in [5.41, 5.74) is 2.39. The van der Waals surface area contributed by atoms with E-state index in [0.717, 1.165) is 23.6 Å². The van der Waals surface area contributed by atoms with Crippen molar-refractivity contribution in [3.8, 4) is 0 Å². The maximum Gasteiger partial charge on any atom is 0.408 e. The zero-order valence-electron chi connectivity index (χ0n) is 19.9. The van der Waals surface area contributed by atoms with Crippen LogP contribution in [0.4, 0.5) is 4.79 Å². The van der Waals surface area contributed by atoms with E-state index in [2.05, 4.69) is 5.32 Å². The van der Waals surface area contributed by atoms with E-state index >= 15 is 0 Å². The van der Waals surface area contributed by atoms with E-state index in [1.807, 2.05) is 12.1 Å². The smallest absolute Gasteiger partial charge is 0.408 e. The molecule has 0 fully saturated rings. The second-order valence-electron chi connectivity index (χ2n) is 8.89. The molecule has 1 unspecified atom stereocenters. The molecular formula is C23H31NO8S2. The van der Waals surface area contributed by atoms with Crippen LogP contribution in [0.15, 0.2) is 48.5 Å². The van der Waals surface area contributed by atoms with Gasteiger partial charge in [-0.1, -0.05) is 48.5 Å². The molecule has 0 aliphatic carbocycles. The fourth-order valence-corrected chi connectivity index (χ4v) is 3.61. The number of carbonyl (C=O) groups excluding carboxylic acids is 1. The Kier molecular flexibility index (Phi) is 9.23. The summed E-state index contributed by atoms with van der Waals surface area (Å²) in [6, 6.07) is 13.8. The summed E-state index contributed by atoms with van der Waals surface area (Å²) in [5, 5.41) is 2.88. The van der Waals surface area contributed by atoms with Gasteiger partial charge in [0.25, 0.3) is 20.2 Å². The third kappa shape index (κ3) is 11.1. The molecule has 0 saturated heterocycles. The van der Waals surface area contributed by atoms with E-state index in [-0.39, 0.29) is 13.2 Å². The van der Waals surface area contributed by atoms with Crippen molar-refractivity contribution in [3.63, 3.8) is 0 Å². The first kappa shape index (κ1) is 27.8. The fourth-order valence-electron chi connectivity index (χ4n) is 2.91. The van der Waals surface area contributed by atoms with Crippen LogP contribution in [-0.4, -0.2) is 41.0 Å². The van der Waals surface area contributed by atoms with Crippen LogP contribution >= 0.6 is 0 Å². The van der Waals surface area contributed by atoms with Crippen LogP contribution in [0.5, 0.6) is 0 Å². The number of benzene rings is 2. The molecule has 0 spiro atoms. The Morgan fingerprint density at radius 2 is 1.21 bits per heavy atom. The molecule has 2 aromatic rings. The Hall–Kier alpha value is -2.47. The Morgan fingerprint density at radius 1 is 0.794 bits per heavy atom. The van der Waals surface area contributed by atoms with Gasteiger partial charge in [0.2, 0.25) is 0 Å². The third-order valence-electron chi connectivity index (χ3n) is 4.42. The van der Waals surface area contributed by atoms with Gasteiger partial charge < -0.3 is 10.1 Å². The van der Waals surface area contributed by atoms with E-state index in [9.17, 15) is 21.6 Å². The Bertz CT molecular complexity index is 1170. The van der Waals surface area contributed by atoms with Gasteiger partial charge in [-0.05, 0) is 49.4 Å². The predicted molar refractivity (Wildman–Crippen MR) is 128 cm³/mol. The van der Waals surface area contributed by atoms with Crippen LogP contribution < -0.4 is 5.32 Å². The first-order valence-corrected chi connectivity index (χ1v) is 14.1. The number of alkyl carbamates (subject to hydrolysis) is 1. The molecule has 2 aromatic carbocycles. The molecule has 0 bridgehead atoms. The number of nitrogens with one attached hydrogen (secondary N) is 1. The molecule has 34 heavy (non-hydrogen) atoms. The Labute approximate surface area is 201 Å². The number of carbonyl (C=O) groups is 1. The van der Waals surface area contributed by atoms with Gasteiger partial charge in [-0.15, -0.1) is 0 Å². The molecule has 0 aliphatic heterocycles. The summed E-state index contributed by atoms with van der Waals surface area (Å²) in [5.74, 6) is 0. The molecule has 0 aliphatic rings. The summed E-state index contributed by atoms with van der Waals surface area (Å²) < 4.78 is 59.8. The first-order chi connectivity index (χ1) is 15.6. The van der Waals surface area contributed by atoms with Crippen LogP contribution in [0.1, 0.15) is 49.1 Å². The molecule has 0 saturated carbocycles. The third-order valence-corrected chi connectivity index (χ3v) is 5.51. The molecule has 0 heterocycles. The average Bonchev–Trinajstić information content (AvgIpc) is 2.69. The van der Waals surface area contributed by atoms with E-state index in [0.29, 0.717) is 17.5 Å². The minimum Gasteiger partial charge on any atom is -0.444 e. The van der Waals surface area contributed by atoms with E-state index in [4.69, 9.17) is 13.1 Å². The van der Waals surface area contributed by atoms with Gasteiger partial charge in [0.05, 0.1) is 31.8 Å². The second kappa shape index (κ2) is 11.3. The minimum atomic E-state index is -3.55. The SMILES string of the molecule is CC(C)(C)OC(=O)NC(Cc1ccc(COS(C)(=O)=O)cc1)c1ccc(COS(C)(=O)=O)cc1. The second-order valence-corrected chi connectivity index (χ2v) is 12.2. The van der Waals surface area contributed by atoms with Crippen molar-refractivity contribution in [1.82, 2.24) is 5.32 Å². The average molecular weight is 514 g/mol. The van der Waals surface area contributed by atoms with Gasteiger partial charge in [-0.2, -0.15) is 16.8 Å². The van der Waals surface area contributed by atoms with Gasteiger partial charge >= 0.3 is 6.09 Å². The minimum absolute atomic E-state index is 0.0598. The summed E-state index contributed by atoms with van der Waals surface area (Å²) in [6.07, 6.45) is 1.85. The molecule has 11 heteroatoms. The summed E-state index contributed by atoms with van der Waals surface area (Å²) in [7, 11) is -7.09. The monoisotopic (exact) mass is 513 g/mol. The van der Waals surface area contributed by atoms with Gasteiger partial charge in [0.1, 0.15) is 5.60 Å². The lowest BCUT2D eigenvalue weighted by atomic mass is 9.97. The molecular weight excluding hydrogens is 482 g/mol. The zero-order chi connectivity index (χ0) is 25.6. The maximum atomic E-state index is 12.5. The number of ether oxygens (including phenoxy) is 1. The molecule has 1 atom stereocenters. The molecule has 1 N–H and O–H groups in total. The van der Waals surface area contributed by atoms with Gasteiger partial charge in [0.15, 0.2) is 0 Å². The molecule has 188 valence electrons. The van der Waals surface area contributed by atoms with Crippen molar-refractivity contribution in [2.75, 3.05) is 12.5 Å². The van der Waals surface area contributed by atoms with Gasteiger partial charge in [-0.25, -0.2) is 4.79 Å². The quantitative estimate of drug-likeness (QED) is 0.479. The normalized spacial score (nSPS) is 13.3. The summed E-state index contributed by atoms with van der Waals surface area (Å²) in [6.45, 7) is 5.18. The Morgan fingerprint density at radius 3 is 1.62 bits per heavy atom. The number of rotatable bonds is 10. The van der Waals surface area contributed by atoms with Crippen LogP contribution in [0, 0.1) is 0 Å². The lowest BCUT2D eigenvalue weighted by Gasteiger charge is -2.24. The number of hydrogen-bond acceptors (Lipinski definition) is 8. The molecule has 1 amide bonds. The molecule has 9 nitrogen and oxygen atoms in total. The van der Waals surface area contributed by atoms with Crippen LogP contribution in [0.25, 0.3) is 0 Å². The van der Waals surface area contributed by atoms with Gasteiger partial charge in [-0.3, -0.25) is 8.37 Å². The number of hydrogen-bond donors (Lipinski definition) is 1. The van der Waals surface area contributed by atoms with Crippen LogP contribution in [-0.2, 0) is 53.0 Å². The van der Waals surface area contributed by atoms with Crippen molar-refractivity contribution in [1.29, 1.82) is 0 Å². The van der Waals surface area contributed by atoms with E-state index in [1.54, 1.807) is 57.2 Å². The standard InChI is InChI=1S/C23H31NO8S2/c1-23(2,3)32-22(25)24-21(20-12-10-19(11-13-20)16-31-34(5,28)29)14-17-6-8-18(9-7-17)15-30-33(4,26)27/h6-13,21H,14-16H2,1-5H3,(H,24,25). The molecule has 2 rings (SSSR count). The fraction of sp³-hybridized carbons (Fsp3) is 0.435. The molecule has 0 aromatic heterocycles. The Balaban J connectivity index is 2.18. The first-order valence-electron chi connectivity index (χ1n) is 10.4.